The molecule has 1 amide bonds. The summed E-state index contributed by atoms with van der Waals surface area (Å²) in [6.07, 6.45) is 6.63. The van der Waals surface area contributed by atoms with E-state index < -0.39 is 0 Å². The number of halogens is 3. The molecule has 0 radical (unpaired) electrons. The zero-order valence-corrected chi connectivity index (χ0v) is 20.1. The largest absolute Gasteiger partial charge is 0.352 e. The van der Waals surface area contributed by atoms with Gasteiger partial charge in [-0.05, 0) is 52.9 Å². The second kappa shape index (κ2) is 11.3. The van der Waals surface area contributed by atoms with Crippen molar-refractivity contribution in [3.05, 3.63) is 34.1 Å². The highest BCUT2D eigenvalue weighted by Crippen LogP contribution is 2.26. The highest BCUT2D eigenvalue weighted by Gasteiger charge is 2.31. The lowest BCUT2D eigenvalue weighted by molar-refractivity contribution is -0.135. The fourth-order valence-electron chi connectivity index (χ4n) is 3.91. The van der Waals surface area contributed by atoms with Gasteiger partial charge in [0.2, 0.25) is 5.91 Å². The summed E-state index contributed by atoms with van der Waals surface area (Å²) in [7, 11) is 1.72. The van der Waals surface area contributed by atoms with Gasteiger partial charge in [-0.1, -0.05) is 25.3 Å². The zero-order chi connectivity index (χ0) is 19.2. The van der Waals surface area contributed by atoms with Crippen molar-refractivity contribution in [2.75, 3.05) is 20.1 Å². The van der Waals surface area contributed by atoms with Crippen molar-refractivity contribution in [2.45, 2.75) is 51.1 Å². The fourth-order valence-corrected chi connectivity index (χ4v) is 4.16. The lowest BCUT2D eigenvalue weighted by Gasteiger charge is -2.26. The van der Waals surface area contributed by atoms with E-state index in [1.807, 2.05) is 11.0 Å². The number of likely N-dealkylation sites (tertiary alicyclic amines) is 1. The molecule has 8 heteroatoms. The second-order valence-corrected chi connectivity index (χ2v) is 8.28. The van der Waals surface area contributed by atoms with Crippen LogP contribution in [-0.4, -0.2) is 42.9 Å². The lowest BCUT2D eigenvalue weighted by Crippen LogP contribution is -2.45. The van der Waals surface area contributed by atoms with E-state index in [9.17, 15) is 9.18 Å². The Morgan fingerprint density at radius 3 is 2.71 bits per heavy atom. The Balaban J connectivity index is 0.00000280. The maximum Gasteiger partial charge on any atom is 0.225 e. The van der Waals surface area contributed by atoms with Gasteiger partial charge in [0.15, 0.2) is 5.96 Å². The average Bonchev–Trinajstić information content (AvgIpc) is 3.16. The first-order valence-corrected chi connectivity index (χ1v) is 10.6. The van der Waals surface area contributed by atoms with Crippen molar-refractivity contribution in [3.63, 3.8) is 0 Å². The van der Waals surface area contributed by atoms with E-state index in [0.29, 0.717) is 22.9 Å². The molecule has 1 saturated carbocycles. The van der Waals surface area contributed by atoms with Crippen molar-refractivity contribution >= 4 is 51.8 Å². The predicted molar refractivity (Wildman–Crippen MR) is 124 cm³/mol. The SMILES string of the molecule is CN=C(NCc1ccc(Br)c(F)c1)NC1CCN(C(=O)C2CCCCC2)C1.I. The number of guanidine groups is 1. The van der Waals surface area contributed by atoms with Gasteiger partial charge < -0.3 is 15.5 Å². The zero-order valence-electron chi connectivity index (χ0n) is 16.2. The van der Waals surface area contributed by atoms with Crippen LogP contribution in [-0.2, 0) is 11.3 Å². The maximum absolute atomic E-state index is 13.6. The van der Waals surface area contributed by atoms with E-state index in [1.54, 1.807) is 13.1 Å². The van der Waals surface area contributed by atoms with Crippen LogP contribution in [0.5, 0.6) is 0 Å². The summed E-state index contributed by atoms with van der Waals surface area (Å²) in [6.45, 7) is 2.02. The monoisotopic (exact) mass is 566 g/mol. The van der Waals surface area contributed by atoms with Crippen LogP contribution in [0.15, 0.2) is 27.7 Å². The Morgan fingerprint density at radius 2 is 2.04 bits per heavy atom. The van der Waals surface area contributed by atoms with Crippen LogP contribution in [0.2, 0.25) is 0 Å². The molecule has 1 aromatic rings. The number of hydrogen-bond acceptors (Lipinski definition) is 2. The first-order valence-electron chi connectivity index (χ1n) is 9.76. The van der Waals surface area contributed by atoms with E-state index in [1.165, 1.54) is 25.3 Å². The average molecular weight is 567 g/mol. The van der Waals surface area contributed by atoms with Gasteiger partial charge in [0, 0.05) is 38.6 Å². The maximum atomic E-state index is 13.6. The number of nitrogens with zero attached hydrogens (tertiary/aromatic N) is 2. The highest BCUT2D eigenvalue weighted by molar-refractivity contribution is 14.0. The normalized spacial score (nSPS) is 20.6. The third-order valence-electron chi connectivity index (χ3n) is 5.46. The smallest absolute Gasteiger partial charge is 0.225 e. The third kappa shape index (κ3) is 6.30. The van der Waals surface area contributed by atoms with Crippen molar-refractivity contribution in [3.8, 4) is 0 Å². The van der Waals surface area contributed by atoms with Gasteiger partial charge in [-0.15, -0.1) is 24.0 Å². The predicted octanol–water partition coefficient (Wildman–Crippen LogP) is 4.05. The van der Waals surface area contributed by atoms with Crippen LogP contribution in [0.1, 0.15) is 44.1 Å². The summed E-state index contributed by atoms with van der Waals surface area (Å²) in [6, 6.07) is 5.28. The first kappa shape index (κ1) is 23.4. The molecular weight excluding hydrogens is 538 g/mol. The van der Waals surface area contributed by atoms with Crippen molar-refractivity contribution in [1.29, 1.82) is 0 Å². The molecule has 1 aromatic carbocycles. The molecule has 0 aromatic heterocycles. The molecule has 1 heterocycles. The number of amides is 1. The van der Waals surface area contributed by atoms with Crippen LogP contribution in [0, 0.1) is 11.7 Å². The van der Waals surface area contributed by atoms with E-state index >= 15 is 0 Å². The number of carbonyl (C=O) groups is 1. The summed E-state index contributed by atoms with van der Waals surface area (Å²) in [4.78, 5) is 18.9. The Labute approximate surface area is 192 Å². The molecule has 5 nitrogen and oxygen atoms in total. The Morgan fingerprint density at radius 1 is 1.29 bits per heavy atom. The molecule has 156 valence electrons. The minimum atomic E-state index is -0.273. The van der Waals surface area contributed by atoms with Crippen LogP contribution >= 0.6 is 39.9 Å². The Kier molecular flexibility index (Phi) is 9.46. The molecule has 1 aliphatic heterocycles. The second-order valence-electron chi connectivity index (χ2n) is 7.42. The summed E-state index contributed by atoms with van der Waals surface area (Å²) in [5, 5.41) is 6.61. The summed E-state index contributed by atoms with van der Waals surface area (Å²) in [5.74, 6) is 0.953. The Hall–Kier alpha value is -0.900. The molecule has 2 fully saturated rings. The molecule has 1 aliphatic carbocycles. The molecule has 28 heavy (non-hydrogen) atoms. The van der Waals surface area contributed by atoms with Crippen molar-refractivity contribution in [1.82, 2.24) is 15.5 Å². The number of carbonyl (C=O) groups excluding carboxylic acids is 1. The molecule has 0 bridgehead atoms. The van der Waals surface area contributed by atoms with Crippen LogP contribution in [0.3, 0.4) is 0 Å². The van der Waals surface area contributed by atoms with E-state index in [0.717, 1.165) is 37.9 Å². The molecule has 1 unspecified atom stereocenters. The Bertz CT molecular complexity index is 697. The van der Waals surface area contributed by atoms with Crippen LogP contribution in [0.25, 0.3) is 0 Å². The summed E-state index contributed by atoms with van der Waals surface area (Å²) in [5.41, 5.74) is 0.846. The molecule has 0 spiro atoms. The number of aliphatic imine (C=N–C) groups is 1. The van der Waals surface area contributed by atoms with Gasteiger partial charge in [-0.3, -0.25) is 9.79 Å². The van der Waals surface area contributed by atoms with E-state index in [4.69, 9.17) is 0 Å². The molecule has 1 saturated heterocycles. The van der Waals surface area contributed by atoms with Gasteiger partial charge in [-0.25, -0.2) is 4.39 Å². The lowest BCUT2D eigenvalue weighted by atomic mass is 9.88. The standard InChI is InChI=1S/C20H28BrFN4O.HI/c1-23-20(24-12-14-7-8-17(21)18(22)11-14)25-16-9-10-26(13-16)19(27)15-5-3-2-4-6-15;/h7-8,11,15-16H,2-6,9-10,12-13H2,1H3,(H2,23,24,25);1H. The molecule has 2 N–H and O–H groups in total. The van der Waals surface area contributed by atoms with E-state index in [2.05, 4.69) is 31.6 Å². The van der Waals surface area contributed by atoms with E-state index in [-0.39, 0.29) is 41.8 Å². The highest BCUT2D eigenvalue weighted by atomic mass is 127. The van der Waals surface area contributed by atoms with Crippen LogP contribution < -0.4 is 10.6 Å². The van der Waals surface area contributed by atoms with Gasteiger partial charge >= 0.3 is 0 Å². The molecule has 2 aliphatic rings. The van der Waals surface area contributed by atoms with Crippen molar-refractivity contribution in [2.24, 2.45) is 10.9 Å². The van der Waals surface area contributed by atoms with Crippen molar-refractivity contribution < 1.29 is 9.18 Å². The minimum absolute atomic E-state index is 0. The first-order chi connectivity index (χ1) is 13.1. The molecular formula is C20H29BrFIN4O. The number of benzene rings is 1. The molecule has 1 atom stereocenters. The van der Waals surface area contributed by atoms with Gasteiger partial charge in [0.05, 0.1) is 4.47 Å². The van der Waals surface area contributed by atoms with Gasteiger partial charge in [0.1, 0.15) is 5.82 Å². The third-order valence-corrected chi connectivity index (χ3v) is 6.11. The molecule has 3 rings (SSSR count). The number of hydrogen-bond donors (Lipinski definition) is 2. The summed E-state index contributed by atoms with van der Waals surface area (Å²) < 4.78 is 14.1. The minimum Gasteiger partial charge on any atom is -0.352 e. The topological polar surface area (TPSA) is 56.7 Å². The number of nitrogens with one attached hydrogen (secondary N) is 2. The summed E-state index contributed by atoms with van der Waals surface area (Å²) >= 11 is 3.16. The quantitative estimate of drug-likeness (QED) is 0.328. The van der Waals surface area contributed by atoms with Crippen LogP contribution in [0.4, 0.5) is 4.39 Å². The fraction of sp³-hybridized carbons (Fsp3) is 0.600. The van der Waals surface area contributed by atoms with Gasteiger partial charge in [-0.2, -0.15) is 0 Å². The number of rotatable bonds is 4. The van der Waals surface area contributed by atoms with Gasteiger partial charge in [0.25, 0.3) is 0 Å².